The Labute approximate surface area is 117 Å². The molecule has 1 N–H and O–H groups in total. The summed E-state index contributed by atoms with van der Waals surface area (Å²) in [4.78, 5) is 22.3. The minimum Gasteiger partial charge on any atom is -0.445 e. The van der Waals surface area contributed by atoms with E-state index in [0.717, 1.165) is 0 Å². The first kappa shape index (κ1) is 15.9. The Morgan fingerprint density at radius 1 is 1.35 bits per heavy atom. The van der Waals surface area contributed by atoms with Crippen LogP contribution >= 0.6 is 0 Å². The number of alkyl carbamates (subject to hydrolysis) is 1. The maximum absolute atomic E-state index is 13.6. The van der Waals surface area contributed by atoms with Crippen molar-refractivity contribution in [3.63, 3.8) is 0 Å². The van der Waals surface area contributed by atoms with E-state index in [9.17, 15) is 14.0 Å². The molecule has 6 heteroatoms. The number of carbonyl (C=O) groups excluding carboxylic acids is 2. The summed E-state index contributed by atoms with van der Waals surface area (Å²) in [6, 6.07) is 4.00. The smallest absolute Gasteiger partial charge is 0.407 e. The lowest BCUT2D eigenvalue weighted by molar-refractivity contribution is -0.134. The van der Waals surface area contributed by atoms with Gasteiger partial charge in [-0.05, 0) is 31.5 Å². The van der Waals surface area contributed by atoms with Gasteiger partial charge in [0.25, 0.3) is 0 Å². The molecule has 1 aromatic carbocycles. The lowest BCUT2D eigenvalue weighted by atomic mass is 10.2. The predicted octanol–water partition coefficient (Wildman–Crippen LogP) is 2.78. The van der Waals surface area contributed by atoms with Gasteiger partial charge in [0.15, 0.2) is 11.6 Å². The van der Waals surface area contributed by atoms with E-state index in [4.69, 9.17) is 9.47 Å². The summed E-state index contributed by atoms with van der Waals surface area (Å²) in [7, 11) is 0. The van der Waals surface area contributed by atoms with E-state index in [0.29, 0.717) is 5.56 Å². The van der Waals surface area contributed by atoms with Crippen LogP contribution < -0.4 is 10.1 Å². The molecule has 0 atom stereocenters. The van der Waals surface area contributed by atoms with Gasteiger partial charge in [0.2, 0.25) is 0 Å². The standard InChI is InChI=1S/C14H18FNO4/c1-4-13(17)20-12-6-5-10(7-11(12)15)8-19-14(18)16-9(2)3/h5-7,9H,4,8H2,1-3H3,(H,16,18). The van der Waals surface area contributed by atoms with Crippen LogP contribution in [0.3, 0.4) is 0 Å². The number of benzene rings is 1. The first-order valence-corrected chi connectivity index (χ1v) is 6.34. The summed E-state index contributed by atoms with van der Waals surface area (Å²) >= 11 is 0. The third kappa shape index (κ3) is 5.26. The number of hydrogen-bond donors (Lipinski definition) is 1. The third-order valence-electron chi connectivity index (χ3n) is 2.29. The molecule has 0 unspecified atom stereocenters. The van der Waals surface area contributed by atoms with Crippen LogP contribution in [0.25, 0.3) is 0 Å². The first-order chi connectivity index (χ1) is 9.42. The van der Waals surface area contributed by atoms with Crippen LogP contribution in [-0.4, -0.2) is 18.1 Å². The minimum atomic E-state index is -0.669. The number of halogens is 1. The van der Waals surface area contributed by atoms with E-state index in [1.54, 1.807) is 20.8 Å². The highest BCUT2D eigenvalue weighted by Crippen LogP contribution is 2.19. The second-order valence-corrected chi connectivity index (χ2v) is 4.47. The van der Waals surface area contributed by atoms with Gasteiger partial charge in [-0.1, -0.05) is 13.0 Å². The molecule has 0 aliphatic heterocycles. The zero-order valence-corrected chi connectivity index (χ0v) is 11.7. The fraction of sp³-hybridized carbons (Fsp3) is 0.429. The van der Waals surface area contributed by atoms with Crippen LogP contribution in [0, 0.1) is 5.82 Å². The molecule has 0 bridgehead atoms. The maximum atomic E-state index is 13.6. The van der Waals surface area contributed by atoms with Crippen molar-refractivity contribution in [3.8, 4) is 5.75 Å². The number of nitrogens with one attached hydrogen (secondary N) is 1. The summed E-state index contributed by atoms with van der Waals surface area (Å²) in [5, 5.41) is 2.55. The molecule has 0 spiro atoms. The average Bonchev–Trinajstić information content (AvgIpc) is 2.38. The molecule has 0 saturated heterocycles. The van der Waals surface area contributed by atoms with E-state index in [2.05, 4.69) is 5.32 Å². The lowest BCUT2D eigenvalue weighted by Crippen LogP contribution is -2.30. The van der Waals surface area contributed by atoms with Crippen LogP contribution in [0.2, 0.25) is 0 Å². The van der Waals surface area contributed by atoms with Crippen LogP contribution in [-0.2, 0) is 16.1 Å². The van der Waals surface area contributed by atoms with Crippen molar-refractivity contribution in [1.29, 1.82) is 0 Å². The quantitative estimate of drug-likeness (QED) is 0.666. The van der Waals surface area contributed by atoms with Crippen molar-refractivity contribution in [3.05, 3.63) is 29.6 Å². The lowest BCUT2D eigenvalue weighted by Gasteiger charge is -2.10. The minimum absolute atomic E-state index is 0.0323. The van der Waals surface area contributed by atoms with Gasteiger partial charge < -0.3 is 14.8 Å². The summed E-state index contributed by atoms with van der Waals surface area (Å²) < 4.78 is 23.4. The summed E-state index contributed by atoms with van der Waals surface area (Å²) in [5.41, 5.74) is 0.470. The molecular formula is C14H18FNO4. The molecule has 0 aliphatic rings. The number of amides is 1. The van der Waals surface area contributed by atoms with E-state index in [1.807, 2.05) is 0 Å². The van der Waals surface area contributed by atoms with Crippen molar-refractivity contribution in [2.75, 3.05) is 0 Å². The fourth-order valence-electron chi connectivity index (χ4n) is 1.34. The number of ether oxygens (including phenoxy) is 2. The Bertz CT molecular complexity index is 488. The third-order valence-corrected chi connectivity index (χ3v) is 2.29. The molecule has 0 saturated carbocycles. The molecule has 1 amide bonds. The molecule has 1 rings (SSSR count). The summed E-state index contributed by atoms with van der Waals surface area (Å²) in [6.45, 7) is 5.17. The highest BCUT2D eigenvalue weighted by molar-refractivity contribution is 5.72. The maximum Gasteiger partial charge on any atom is 0.407 e. The molecule has 0 fully saturated rings. The molecule has 0 radical (unpaired) electrons. The fourth-order valence-corrected chi connectivity index (χ4v) is 1.34. The van der Waals surface area contributed by atoms with E-state index in [1.165, 1.54) is 18.2 Å². The van der Waals surface area contributed by atoms with Crippen molar-refractivity contribution in [2.24, 2.45) is 0 Å². The Balaban J connectivity index is 2.59. The van der Waals surface area contributed by atoms with Crippen LogP contribution in [0.4, 0.5) is 9.18 Å². The number of carbonyl (C=O) groups is 2. The monoisotopic (exact) mass is 283 g/mol. The average molecular weight is 283 g/mol. The van der Waals surface area contributed by atoms with Crippen LogP contribution in [0.1, 0.15) is 32.8 Å². The van der Waals surface area contributed by atoms with Gasteiger partial charge in [0.1, 0.15) is 6.61 Å². The highest BCUT2D eigenvalue weighted by atomic mass is 19.1. The van der Waals surface area contributed by atoms with Gasteiger partial charge in [-0.2, -0.15) is 0 Å². The number of esters is 1. The Morgan fingerprint density at radius 2 is 2.05 bits per heavy atom. The Morgan fingerprint density at radius 3 is 2.60 bits per heavy atom. The highest BCUT2D eigenvalue weighted by Gasteiger charge is 2.10. The van der Waals surface area contributed by atoms with Crippen molar-refractivity contribution in [2.45, 2.75) is 39.8 Å². The molecule has 110 valence electrons. The predicted molar refractivity (Wildman–Crippen MR) is 70.8 cm³/mol. The summed E-state index contributed by atoms with van der Waals surface area (Å²) in [6.07, 6.45) is -0.401. The van der Waals surface area contributed by atoms with Gasteiger partial charge in [0.05, 0.1) is 0 Å². The van der Waals surface area contributed by atoms with Crippen molar-refractivity contribution >= 4 is 12.1 Å². The molecule has 0 aromatic heterocycles. The normalized spacial score (nSPS) is 10.2. The van der Waals surface area contributed by atoms with Gasteiger partial charge in [-0.3, -0.25) is 4.79 Å². The number of hydrogen-bond acceptors (Lipinski definition) is 4. The second-order valence-electron chi connectivity index (χ2n) is 4.47. The van der Waals surface area contributed by atoms with Crippen molar-refractivity contribution in [1.82, 2.24) is 5.32 Å². The van der Waals surface area contributed by atoms with E-state index >= 15 is 0 Å². The van der Waals surface area contributed by atoms with Crippen LogP contribution in [0.15, 0.2) is 18.2 Å². The van der Waals surface area contributed by atoms with E-state index < -0.39 is 17.9 Å². The molecule has 20 heavy (non-hydrogen) atoms. The van der Waals surface area contributed by atoms with E-state index in [-0.39, 0.29) is 24.8 Å². The Hall–Kier alpha value is -2.11. The molecule has 0 aliphatic carbocycles. The van der Waals surface area contributed by atoms with Gasteiger partial charge in [0, 0.05) is 12.5 Å². The Kier molecular flexibility index (Phi) is 5.96. The van der Waals surface area contributed by atoms with Gasteiger partial charge >= 0.3 is 12.1 Å². The largest absolute Gasteiger partial charge is 0.445 e. The SMILES string of the molecule is CCC(=O)Oc1ccc(COC(=O)NC(C)C)cc1F. The zero-order valence-electron chi connectivity index (χ0n) is 11.7. The molecule has 5 nitrogen and oxygen atoms in total. The first-order valence-electron chi connectivity index (χ1n) is 6.34. The zero-order chi connectivity index (χ0) is 15.1. The second kappa shape index (κ2) is 7.47. The topological polar surface area (TPSA) is 64.6 Å². The molecule has 1 aromatic rings. The van der Waals surface area contributed by atoms with Gasteiger partial charge in [-0.25, -0.2) is 9.18 Å². The van der Waals surface area contributed by atoms with Crippen LogP contribution in [0.5, 0.6) is 5.75 Å². The summed E-state index contributed by atoms with van der Waals surface area (Å²) in [5.74, 6) is -1.31. The van der Waals surface area contributed by atoms with Gasteiger partial charge in [-0.15, -0.1) is 0 Å². The molecular weight excluding hydrogens is 265 g/mol. The number of rotatable bonds is 5. The molecule has 0 heterocycles. The van der Waals surface area contributed by atoms with Crippen molar-refractivity contribution < 1.29 is 23.5 Å².